The van der Waals surface area contributed by atoms with E-state index < -0.39 is 0 Å². The molecule has 0 amide bonds. The van der Waals surface area contributed by atoms with E-state index in [2.05, 4.69) is 29.1 Å². The lowest BCUT2D eigenvalue weighted by atomic mass is 10.2. The van der Waals surface area contributed by atoms with Crippen molar-refractivity contribution in [3.05, 3.63) is 12.4 Å². The lowest BCUT2D eigenvalue weighted by Gasteiger charge is -2.14. The summed E-state index contributed by atoms with van der Waals surface area (Å²) in [6.07, 6.45) is 4.35. The third kappa shape index (κ3) is 4.38. The third-order valence-electron chi connectivity index (χ3n) is 2.01. The van der Waals surface area contributed by atoms with Crippen molar-refractivity contribution < 1.29 is 0 Å². The maximum absolute atomic E-state index is 5.68. The van der Waals surface area contributed by atoms with E-state index in [1.807, 2.05) is 11.8 Å². The zero-order valence-electron chi connectivity index (χ0n) is 9.23. The number of nitrogens with zero attached hydrogens (tertiary/aromatic N) is 2. The second-order valence-corrected chi connectivity index (χ2v) is 4.72. The molecule has 1 unspecified atom stereocenters. The zero-order valence-corrected chi connectivity index (χ0v) is 10.0. The van der Waals surface area contributed by atoms with Gasteiger partial charge in [0.2, 0.25) is 0 Å². The van der Waals surface area contributed by atoms with Gasteiger partial charge >= 0.3 is 0 Å². The van der Waals surface area contributed by atoms with Gasteiger partial charge in [0.25, 0.3) is 0 Å². The Kier molecular flexibility index (Phi) is 5.25. The van der Waals surface area contributed by atoms with E-state index in [4.69, 9.17) is 5.73 Å². The van der Waals surface area contributed by atoms with E-state index in [1.165, 1.54) is 5.75 Å². The lowest BCUT2D eigenvalue weighted by Crippen LogP contribution is -2.18. The number of rotatable bonds is 6. The second kappa shape index (κ2) is 6.50. The molecule has 0 aliphatic heterocycles. The van der Waals surface area contributed by atoms with Gasteiger partial charge in [0.05, 0.1) is 0 Å². The molecule has 3 N–H and O–H groups in total. The summed E-state index contributed by atoms with van der Waals surface area (Å²) in [5.74, 6) is 3.48. The smallest absolute Gasteiger partial charge is 0.169 e. The summed E-state index contributed by atoms with van der Waals surface area (Å²) in [7, 11) is 0. The Morgan fingerprint density at radius 2 is 2.20 bits per heavy atom. The van der Waals surface area contributed by atoms with Gasteiger partial charge in [0, 0.05) is 18.4 Å². The van der Waals surface area contributed by atoms with Crippen molar-refractivity contribution in [2.45, 2.75) is 26.3 Å². The van der Waals surface area contributed by atoms with Crippen molar-refractivity contribution in [1.29, 1.82) is 0 Å². The van der Waals surface area contributed by atoms with Crippen LogP contribution in [0.1, 0.15) is 20.3 Å². The molecule has 0 radical (unpaired) electrons. The van der Waals surface area contributed by atoms with Crippen LogP contribution in [0.25, 0.3) is 0 Å². The first kappa shape index (κ1) is 12.1. The molecule has 0 aromatic carbocycles. The Morgan fingerprint density at radius 1 is 1.47 bits per heavy atom. The largest absolute Gasteiger partial charge is 0.381 e. The normalized spacial score (nSPS) is 12.4. The Labute approximate surface area is 95.1 Å². The van der Waals surface area contributed by atoms with Crippen LogP contribution in [0.4, 0.5) is 11.6 Å². The van der Waals surface area contributed by atoms with Gasteiger partial charge in [-0.25, -0.2) is 9.97 Å². The maximum atomic E-state index is 5.68. The number of hydrogen-bond donors (Lipinski definition) is 2. The van der Waals surface area contributed by atoms with Gasteiger partial charge in [-0.3, -0.25) is 0 Å². The number of hydrogen-bond acceptors (Lipinski definition) is 5. The fourth-order valence-corrected chi connectivity index (χ4v) is 1.98. The molecule has 1 rings (SSSR count). The average molecular weight is 226 g/mol. The second-order valence-electron chi connectivity index (χ2n) is 3.32. The Hall–Kier alpha value is -0.970. The molecule has 0 aliphatic rings. The minimum atomic E-state index is 0.378. The molecule has 0 spiro atoms. The zero-order chi connectivity index (χ0) is 11.1. The first-order valence-corrected chi connectivity index (χ1v) is 6.30. The van der Waals surface area contributed by atoms with E-state index in [1.54, 1.807) is 12.4 Å². The third-order valence-corrected chi connectivity index (χ3v) is 2.94. The summed E-state index contributed by atoms with van der Waals surface area (Å²) in [5, 5.41) is 3.26. The topological polar surface area (TPSA) is 63.8 Å². The number of anilines is 2. The van der Waals surface area contributed by atoms with Gasteiger partial charge in [-0.1, -0.05) is 6.92 Å². The highest BCUT2D eigenvalue weighted by Gasteiger charge is 2.05. The van der Waals surface area contributed by atoms with Crippen molar-refractivity contribution in [2.75, 3.05) is 22.6 Å². The summed E-state index contributed by atoms with van der Waals surface area (Å²) in [6.45, 7) is 4.30. The maximum Gasteiger partial charge on any atom is 0.169 e. The number of nitrogens with one attached hydrogen (secondary N) is 1. The molecule has 84 valence electrons. The minimum Gasteiger partial charge on any atom is -0.381 e. The Balaban J connectivity index is 2.37. The van der Waals surface area contributed by atoms with E-state index in [9.17, 15) is 0 Å². The van der Waals surface area contributed by atoms with Crippen LogP contribution in [0, 0.1) is 0 Å². The number of nitrogens with two attached hydrogens (primary N) is 1. The Bertz CT molecular complexity index is 293. The lowest BCUT2D eigenvalue weighted by molar-refractivity contribution is 0.766. The number of thioether (sulfide) groups is 1. The van der Waals surface area contributed by atoms with E-state index in [-0.39, 0.29) is 0 Å². The van der Waals surface area contributed by atoms with Gasteiger partial charge in [-0.2, -0.15) is 11.8 Å². The molecule has 15 heavy (non-hydrogen) atoms. The summed E-state index contributed by atoms with van der Waals surface area (Å²) < 4.78 is 0. The number of nitrogen functional groups attached to an aromatic ring is 1. The van der Waals surface area contributed by atoms with Crippen molar-refractivity contribution in [3.8, 4) is 0 Å². The highest BCUT2D eigenvalue weighted by Crippen LogP contribution is 2.13. The molecule has 0 aliphatic carbocycles. The van der Waals surface area contributed by atoms with Crippen LogP contribution in [-0.2, 0) is 0 Å². The van der Waals surface area contributed by atoms with E-state index >= 15 is 0 Å². The summed E-state index contributed by atoms with van der Waals surface area (Å²) >= 11 is 1.94. The molecule has 0 fully saturated rings. The quantitative estimate of drug-likeness (QED) is 0.726. The average Bonchev–Trinajstić information content (AvgIpc) is 2.22. The summed E-state index contributed by atoms with van der Waals surface area (Å²) in [6, 6.07) is 0.378. The van der Waals surface area contributed by atoms with E-state index in [0.717, 1.165) is 12.2 Å². The standard InChI is InChI=1S/C10H18N4S/c1-3-15-7-4-8(2)14-10-9(11)12-5-6-13-10/h5-6,8H,3-4,7H2,1-2H3,(H2,11,12)(H,13,14). The van der Waals surface area contributed by atoms with Crippen LogP contribution in [0.15, 0.2) is 12.4 Å². The molecule has 1 heterocycles. The number of aromatic nitrogens is 2. The molecule has 1 atom stereocenters. The highest BCUT2D eigenvalue weighted by molar-refractivity contribution is 7.99. The predicted octanol–water partition coefficient (Wildman–Crippen LogP) is 2.00. The fourth-order valence-electron chi connectivity index (χ4n) is 1.17. The molecule has 0 saturated carbocycles. The SMILES string of the molecule is CCSCCC(C)Nc1nccnc1N. The van der Waals surface area contributed by atoms with Gasteiger partial charge in [-0.15, -0.1) is 0 Å². The van der Waals surface area contributed by atoms with E-state index in [0.29, 0.717) is 17.7 Å². The fraction of sp³-hybridized carbons (Fsp3) is 0.600. The monoisotopic (exact) mass is 226 g/mol. The van der Waals surface area contributed by atoms with Crippen molar-refractivity contribution in [2.24, 2.45) is 0 Å². The van der Waals surface area contributed by atoms with Crippen LogP contribution in [0.3, 0.4) is 0 Å². The van der Waals surface area contributed by atoms with Crippen LogP contribution in [0.5, 0.6) is 0 Å². The molecular weight excluding hydrogens is 208 g/mol. The molecule has 1 aromatic heterocycles. The van der Waals surface area contributed by atoms with Crippen molar-refractivity contribution >= 4 is 23.4 Å². The minimum absolute atomic E-state index is 0.378. The molecule has 0 saturated heterocycles. The van der Waals surface area contributed by atoms with Crippen molar-refractivity contribution in [1.82, 2.24) is 9.97 Å². The van der Waals surface area contributed by atoms with Gasteiger partial charge in [0.15, 0.2) is 11.6 Å². The van der Waals surface area contributed by atoms with Gasteiger partial charge < -0.3 is 11.1 Å². The van der Waals surface area contributed by atoms with Gasteiger partial charge in [-0.05, 0) is 24.9 Å². The first-order chi connectivity index (χ1) is 7.24. The molecule has 4 nitrogen and oxygen atoms in total. The summed E-state index contributed by atoms with van der Waals surface area (Å²) in [4.78, 5) is 8.12. The van der Waals surface area contributed by atoms with Crippen LogP contribution in [-0.4, -0.2) is 27.5 Å². The molecule has 0 bridgehead atoms. The predicted molar refractivity (Wildman–Crippen MR) is 67.1 cm³/mol. The molecule has 5 heteroatoms. The van der Waals surface area contributed by atoms with Crippen LogP contribution in [0.2, 0.25) is 0 Å². The Morgan fingerprint density at radius 3 is 2.87 bits per heavy atom. The molecule has 1 aromatic rings. The highest BCUT2D eigenvalue weighted by atomic mass is 32.2. The van der Waals surface area contributed by atoms with Crippen molar-refractivity contribution in [3.63, 3.8) is 0 Å². The first-order valence-electron chi connectivity index (χ1n) is 5.14. The summed E-state index contributed by atoms with van der Waals surface area (Å²) in [5.41, 5.74) is 5.68. The van der Waals surface area contributed by atoms with Crippen LogP contribution < -0.4 is 11.1 Å². The van der Waals surface area contributed by atoms with Gasteiger partial charge in [0.1, 0.15) is 0 Å². The van der Waals surface area contributed by atoms with Crippen LogP contribution >= 0.6 is 11.8 Å². The molecular formula is C10H18N4S.